The molecule has 0 aliphatic heterocycles. The van der Waals surface area contributed by atoms with Crippen LogP contribution < -0.4 is 0 Å². The smallest absolute Gasteiger partial charge is 0.660 e. The first-order chi connectivity index (χ1) is 22.2. The quantitative estimate of drug-likeness (QED) is 0.130. The van der Waals surface area contributed by atoms with Gasteiger partial charge in [0, 0.05) is 0 Å². The van der Waals surface area contributed by atoms with Gasteiger partial charge >= 0.3 is 21.7 Å². The predicted molar refractivity (Wildman–Crippen MR) is 228 cm³/mol. The number of aryl methyl sites for hydroxylation is 6. The van der Waals surface area contributed by atoms with Crippen molar-refractivity contribution in [3.63, 3.8) is 0 Å². The summed E-state index contributed by atoms with van der Waals surface area (Å²) in [6, 6.07) is 19.7. The van der Waals surface area contributed by atoms with E-state index >= 15 is 0 Å². The zero-order valence-electron chi connectivity index (χ0n) is 34.3. The van der Waals surface area contributed by atoms with E-state index in [1.807, 2.05) is 0 Å². The SMILES string of the molecule is Cc1cc(C)cc([N-]P(C(C)C)C(C)C)c1.Cc1cc(C)cc([N-]P(C(C)C)C(C)C)c1.Cc1cc(C)cc([N-]P(C(C)C)C(C)C)c1.[Ti+3]. The van der Waals surface area contributed by atoms with Gasteiger partial charge in [-0.2, -0.15) is 24.2 Å². The van der Waals surface area contributed by atoms with Gasteiger partial charge in [-0.1, -0.05) is 171 Å². The molecule has 0 aliphatic carbocycles. The maximum atomic E-state index is 4.94. The Hall–Kier alpha value is -0.936. The van der Waals surface area contributed by atoms with Crippen LogP contribution in [0.4, 0.5) is 17.1 Å². The Labute approximate surface area is 323 Å². The van der Waals surface area contributed by atoms with Crippen LogP contribution in [0.25, 0.3) is 15.3 Å². The van der Waals surface area contributed by atoms with E-state index in [-0.39, 0.29) is 45.9 Å². The summed E-state index contributed by atoms with van der Waals surface area (Å²) in [5, 5.41) is 14.8. The van der Waals surface area contributed by atoms with E-state index in [1.165, 1.54) is 33.4 Å². The third kappa shape index (κ3) is 18.9. The molecular formula is C42H69N3P3Ti. The van der Waals surface area contributed by atoms with Gasteiger partial charge in [-0.3, -0.25) is 0 Å². The van der Waals surface area contributed by atoms with Crippen molar-refractivity contribution in [2.75, 3.05) is 0 Å². The summed E-state index contributed by atoms with van der Waals surface area (Å²) in [7, 11) is -0.764. The van der Waals surface area contributed by atoms with Gasteiger partial charge < -0.3 is 15.3 Å². The van der Waals surface area contributed by atoms with Crippen LogP contribution >= 0.6 is 24.2 Å². The molecule has 3 nitrogen and oxygen atoms in total. The van der Waals surface area contributed by atoms with E-state index in [4.69, 9.17) is 15.3 Å². The fourth-order valence-electron chi connectivity index (χ4n) is 5.91. The van der Waals surface area contributed by atoms with Gasteiger partial charge in [-0.15, -0.1) is 17.1 Å². The van der Waals surface area contributed by atoms with E-state index in [1.54, 1.807) is 0 Å². The molecule has 271 valence electrons. The molecule has 0 aliphatic rings. The van der Waals surface area contributed by atoms with Gasteiger partial charge in [0.25, 0.3) is 0 Å². The van der Waals surface area contributed by atoms with Crippen molar-refractivity contribution in [1.29, 1.82) is 0 Å². The van der Waals surface area contributed by atoms with Crippen molar-refractivity contribution in [2.45, 2.75) is 159 Å². The van der Waals surface area contributed by atoms with E-state index in [0.717, 1.165) is 17.1 Å². The first-order valence-electron chi connectivity index (χ1n) is 17.9. The second-order valence-electron chi connectivity index (χ2n) is 15.0. The molecule has 3 aromatic rings. The first-order valence-corrected chi connectivity index (χ1v) is 22.2. The van der Waals surface area contributed by atoms with Gasteiger partial charge in [0.2, 0.25) is 0 Å². The van der Waals surface area contributed by atoms with Crippen LogP contribution in [0.2, 0.25) is 0 Å². The zero-order valence-corrected chi connectivity index (χ0v) is 38.6. The summed E-state index contributed by atoms with van der Waals surface area (Å²) in [6.45, 7) is 40.1. The van der Waals surface area contributed by atoms with Gasteiger partial charge in [0.1, 0.15) is 0 Å². The molecule has 0 heterocycles. The monoisotopic (exact) mass is 756 g/mol. The first kappa shape index (κ1) is 48.1. The third-order valence-corrected chi connectivity index (χ3v) is 15.2. The fraction of sp³-hybridized carbons (Fsp3) is 0.571. The maximum Gasteiger partial charge on any atom is 3.00 e. The molecule has 0 N–H and O–H groups in total. The van der Waals surface area contributed by atoms with Crippen molar-refractivity contribution in [2.24, 2.45) is 0 Å². The van der Waals surface area contributed by atoms with Crippen LogP contribution in [0.15, 0.2) is 54.6 Å². The third-order valence-electron chi connectivity index (χ3n) is 7.49. The topological polar surface area (TPSA) is 42.3 Å². The minimum Gasteiger partial charge on any atom is -0.660 e. The summed E-state index contributed by atoms with van der Waals surface area (Å²) in [6.07, 6.45) is 0. The summed E-state index contributed by atoms with van der Waals surface area (Å²) < 4.78 is 0. The Morgan fingerprint density at radius 2 is 0.449 bits per heavy atom. The maximum absolute atomic E-state index is 4.94. The predicted octanol–water partition coefficient (Wildman–Crippen LogP) is 16.6. The summed E-state index contributed by atoms with van der Waals surface area (Å²) in [4.78, 5) is 0. The molecular weight excluding hydrogens is 687 g/mol. The Balaban J connectivity index is 0.000000698. The Kier molecular flexibility index (Phi) is 23.1. The van der Waals surface area contributed by atoms with Crippen LogP contribution in [0.3, 0.4) is 0 Å². The van der Waals surface area contributed by atoms with Crippen molar-refractivity contribution in [3.05, 3.63) is 103 Å². The molecule has 0 aromatic heterocycles. The normalized spacial score (nSPS) is 11.3. The number of hydrogen-bond donors (Lipinski definition) is 0. The minimum absolute atomic E-state index is 0. The Bertz CT molecular complexity index is 1120. The number of nitrogens with zero attached hydrogens (tertiary/aromatic N) is 3. The van der Waals surface area contributed by atoms with E-state index in [2.05, 4.69) is 179 Å². The van der Waals surface area contributed by atoms with Crippen LogP contribution in [-0.4, -0.2) is 34.0 Å². The van der Waals surface area contributed by atoms with E-state index in [0.29, 0.717) is 34.0 Å². The van der Waals surface area contributed by atoms with Gasteiger partial charge in [-0.05, 0) is 75.5 Å². The average Bonchev–Trinajstić information content (AvgIpc) is 2.91. The molecule has 7 heteroatoms. The van der Waals surface area contributed by atoms with Crippen LogP contribution in [0.1, 0.15) is 116 Å². The number of hydrogen-bond acceptors (Lipinski definition) is 0. The summed E-state index contributed by atoms with van der Waals surface area (Å²) in [5.74, 6) is 0. The molecule has 0 bridgehead atoms. The molecule has 0 spiro atoms. The zero-order chi connectivity index (χ0) is 36.9. The molecule has 0 unspecified atom stereocenters. The van der Waals surface area contributed by atoms with Crippen LogP contribution in [-0.2, 0) is 21.7 Å². The number of benzene rings is 3. The standard InChI is InChI=1S/3C14H23NP.Ti/c3*1-10(2)16(11(3)4)15-14-8-12(5)7-13(6)9-14;/h3*7-11H,1-6H3;/q3*-1;+3. The van der Waals surface area contributed by atoms with Crippen molar-refractivity contribution in [1.82, 2.24) is 0 Å². The molecule has 3 aromatic carbocycles. The van der Waals surface area contributed by atoms with Crippen molar-refractivity contribution in [3.8, 4) is 0 Å². The molecule has 0 fully saturated rings. The Morgan fingerprint density at radius 1 is 0.306 bits per heavy atom. The summed E-state index contributed by atoms with van der Waals surface area (Å²) in [5.41, 5.74) is 15.3. The molecule has 0 saturated carbocycles. The van der Waals surface area contributed by atoms with E-state index < -0.39 is 0 Å². The van der Waals surface area contributed by atoms with Crippen molar-refractivity contribution < 1.29 is 21.7 Å². The van der Waals surface area contributed by atoms with Crippen molar-refractivity contribution >= 4 is 41.3 Å². The molecule has 0 atom stereocenters. The second kappa shape index (κ2) is 23.6. The van der Waals surface area contributed by atoms with Crippen LogP contribution in [0, 0.1) is 41.5 Å². The van der Waals surface area contributed by atoms with Gasteiger partial charge in [0.15, 0.2) is 0 Å². The molecule has 1 radical (unpaired) electrons. The number of rotatable bonds is 12. The average molecular weight is 757 g/mol. The molecule has 0 amide bonds. The Morgan fingerprint density at radius 3 is 0.571 bits per heavy atom. The van der Waals surface area contributed by atoms with Gasteiger partial charge in [-0.25, -0.2) is 0 Å². The summed E-state index contributed by atoms with van der Waals surface area (Å²) >= 11 is 0. The second-order valence-corrected chi connectivity index (χ2v) is 24.1. The van der Waals surface area contributed by atoms with Gasteiger partial charge in [0.05, 0.1) is 0 Å². The van der Waals surface area contributed by atoms with E-state index in [9.17, 15) is 0 Å². The molecule has 3 rings (SSSR count). The molecule has 49 heavy (non-hydrogen) atoms. The minimum atomic E-state index is -0.255. The fourth-order valence-corrected chi connectivity index (χ4v) is 12.0. The van der Waals surface area contributed by atoms with Crippen LogP contribution in [0.5, 0.6) is 0 Å². The molecule has 0 saturated heterocycles. The largest absolute Gasteiger partial charge is 3.00 e.